The van der Waals surface area contributed by atoms with Crippen LogP contribution in [0.5, 0.6) is 5.75 Å². The van der Waals surface area contributed by atoms with Crippen molar-refractivity contribution >= 4 is 22.6 Å². The molecule has 2 aromatic heterocycles. The fourth-order valence-corrected chi connectivity index (χ4v) is 4.47. The molecule has 1 aliphatic rings. The summed E-state index contributed by atoms with van der Waals surface area (Å²) in [5.74, 6) is -0.160. The zero-order chi connectivity index (χ0) is 23.4. The lowest BCUT2D eigenvalue weighted by molar-refractivity contribution is -0.121. The summed E-state index contributed by atoms with van der Waals surface area (Å²) in [6.45, 7) is 1.09. The molecular weight excluding hydrogens is 427 g/mol. The summed E-state index contributed by atoms with van der Waals surface area (Å²) < 4.78 is 28.1. The van der Waals surface area contributed by atoms with Gasteiger partial charge in [0.2, 0.25) is 5.91 Å². The quantitative estimate of drug-likeness (QED) is 0.526. The molecule has 1 fully saturated rings. The minimum absolute atomic E-state index is 0.0234. The first kappa shape index (κ1) is 23.0. The topological polar surface area (TPSA) is 87.4 Å². The van der Waals surface area contributed by atoms with E-state index in [2.05, 4.69) is 10.3 Å². The van der Waals surface area contributed by atoms with Gasteiger partial charge in [0.1, 0.15) is 6.61 Å². The van der Waals surface area contributed by atoms with Gasteiger partial charge in [-0.05, 0) is 43.7 Å². The van der Waals surface area contributed by atoms with Crippen LogP contribution in [-0.4, -0.2) is 40.3 Å². The van der Waals surface area contributed by atoms with Gasteiger partial charge in [0.25, 0.3) is 0 Å². The normalized spacial score (nSPS) is 18.4. The number of nitrogens with one attached hydrogen (secondary N) is 1. The summed E-state index contributed by atoms with van der Waals surface area (Å²) in [4.78, 5) is 29.4. The maximum absolute atomic E-state index is 14.5. The average molecular weight is 457 g/mol. The molecule has 1 aliphatic carbocycles. The Morgan fingerprint density at radius 1 is 1.15 bits per heavy atom. The molecule has 1 N–H and O–H groups in total. The van der Waals surface area contributed by atoms with E-state index in [0.717, 1.165) is 31.4 Å². The molecule has 2 heterocycles. The van der Waals surface area contributed by atoms with Gasteiger partial charge < -0.3 is 14.8 Å². The zero-order valence-electron chi connectivity index (χ0n) is 18.9. The van der Waals surface area contributed by atoms with Gasteiger partial charge in [0.15, 0.2) is 11.6 Å². The molecule has 0 spiro atoms. The van der Waals surface area contributed by atoms with Crippen LogP contribution in [0.2, 0.25) is 0 Å². The Bertz CT molecular complexity index is 1170. The van der Waals surface area contributed by atoms with Gasteiger partial charge in [-0.1, -0.05) is 0 Å². The van der Waals surface area contributed by atoms with Crippen LogP contribution in [-0.2, 0) is 23.1 Å². The van der Waals surface area contributed by atoms with Gasteiger partial charge in [0, 0.05) is 56.8 Å². The number of fused-ring (bicyclic) bond motifs is 1. The number of benzene rings is 1. The Balaban J connectivity index is 1.44. The number of imidazole rings is 1. The third-order valence-corrected chi connectivity index (χ3v) is 6.35. The number of aryl methyl sites for hydroxylation is 1. The molecule has 0 aliphatic heterocycles. The molecule has 9 heteroatoms. The minimum atomic E-state index is -0.507. The molecule has 1 aromatic carbocycles. The summed E-state index contributed by atoms with van der Waals surface area (Å²) in [5, 5.41) is 2.95. The predicted octanol–water partition coefficient (Wildman–Crippen LogP) is 3.34. The highest BCUT2D eigenvalue weighted by Gasteiger charge is 2.28. The highest BCUT2D eigenvalue weighted by Crippen LogP contribution is 2.32. The van der Waals surface area contributed by atoms with Crippen LogP contribution >= 0.6 is 0 Å². The molecule has 0 unspecified atom stereocenters. The van der Waals surface area contributed by atoms with E-state index in [1.807, 2.05) is 0 Å². The smallest absolute Gasteiger partial charge is 0.328 e. The number of pyridine rings is 1. The molecule has 3 aromatic rings. The van der Waals surface area contributed by atoms with E-state index in [-0.39, 0.29) is 35.8 Å². The first-order valence-corrected chi connectivity index (χ1v) is 11.2. The van der Waals surface area contributed by atoms with E-state index in [9.17, 15) is 14.0 Å². The molecule has 0 bridgehead atoms. The van der Waals surface area contributed by atoms with Gasteiger partial charge in [0.05, 0.1) is 17.6 Å². The first-order chi connectivity index (χ1) is 16.0. The fraction of sp³-hybridized carbons (Fsp3) is 0.458. The van der Waals surface area contributed by atoms with Gasteiger partial charge in [-0.25, -0.2) is 9.18 Å². The number of carbonyl (C=O) groups is 1. The number of hydrogen-bond acceptors (Lipinski definition) is 5. The predicted molar refractivity (Wildman–Crippen MR) is 123 cm³/mol. The fourth-order valence-electron chi connectivity index (χ4n) is 4.47. The maximum Gasteiger partial charge on any atom is 0.328 e. The number of nitrogens with zero attached hydrogens (tertiary/aromatic N) is 3. The third-order valence-electron chi connectivity index (χ3n) is 6.35. The molecule has 4 rings (SSSR count). The summed E-state index contributed by atoms with van der Waals surface area (Å²) in [6.07, 6.45) is 6.51. The number of methoxy groups -OCH3 is 1. The minimum Gasteiger partial charge on any atom is -0.488 e. The SMILES string of the molecule is COCCOc1cc2c(cc1F)n(C)c(=O)n2C[C@H]1CC[C@H](C(=O)Nc2ccncc2)CC1. The Hall–Kier alpha value is -3.20. The van der Waals surface area contributed by atoms with E-state index >= 15 is 0 Å². The van der Waals surface area contributed by atoms with E-state index in [1.165, 1.54) is 10.6 Å². The zero-order valence-corrected chi connectivity index (χ0v) is 18.9. The second-order valence-electron chi connectivity index (χ2n) is 8.51. The third kappa shape index (κ3) is 5.08. The number of aromatic nitrogens is 3. The van der Waals surface area contributed by atoms with Crippen LogP contribution in [0.1, 0.15) is 25.7 Å². The van der Waals surface area contributed by atoms with Crippen molar-refractivity contribution in [2.75, 3.05) is 25.6 Å². The van der Waals surface area contributed by atoms with Gasteiger partial charge >= 0.3 is 5.69 Å². The lowest BCUT2D eigenvalue weighted by Gasteiger charge is -2.28. The van der Waals surface area contributed by atoms with Crippen molar-refractivity contribution in [2.24, 2.45) is 18.9 Å². The number of ether oxygens (including phenoxy) is 2. The first-order valence-electron chi connectivity index (χ1n) is 11.2. The van der Waals surface area contributed by atoms with Crippen molar-refractivity contribution in [3.8, 4) is 5.75 Å². The lowest BCUT2D eigenvalue weighted by Crippen LogP contribution is -2.30. The lowest BCUT2D eigenvalue weighted by atomic mass is 9.81. The number of halogens is 1. The van der Waals surface area contributed by atoms with Crippen molar-refractivity contribution in [3.63, 3.8) is 0 Å². The van der Waals surface area contributed by atoms with Gasteiger partial charge in [-0.15, -0.1) is 0 Å². The van der Waals surface area contributed by atoms with E-state index in [0.29, 0.717) is 24.2 Å². The van der Waals surface area contributed by atoms with Crippen molar-refractivity contribution in [1.82, 2.24) is 14.1 Å². The average Bonchev–Trinajstić information content (AvgIpc) is 3.04. The van der Waals surface area contributed by atoms with E-state index < -0.39 is 5.82 Å². The van der Waals surface area contributed by atoms with Crippen molar-refractivity contribution in [3.05, 3.63) is 53.0 Å². The number of amides is 1. The molecule has 1 saturated carbocycles. The highest BCUT2D eigenvalue weighted by atomic mass is 19.1. The van der Waals surface area contributed by atoms with Gasteiger partial charge in [-0.3, -0.25) is 18.9 Å². The van der Waals surface area contributed by atoms with Crippen LogP contribution < -0.4 is 15.7 Å². The molecule has 0 atom stereocenters. The molecule has 0 saturated heterocycles. The summed E-state index contributed by atoms with van der Waals surface area (Å²) >= 11 is 0. The number of carbonyl (C=O) groups excluding carboxylic acids is 1. The Morgan fingerprint density at radius 3 is 2.58 bits per heavy atom. The van der Waals surface area contributed by atoms with Crippen LogP contribution in [0.25, 0.3) is 11.0 Å². The van der Waals surface area contributed by atoms with Crippen LogP contribution in [0.15, 0.2) is 41.5 Å². The monoisotopic (exact) mass is 456 g/mol. The maximum atomic E-state index is 14.5. The van der Waals surface area contributed by atoms with Crippen LogP contribution in [0.4, 0.5) is 10.1 Å². The standard InChI is InChI=1S/C24H29FN4O4/c1-28-20-13-19(25)22(33-12-11-32-2)14-21(20)29(24(28)31)15-16-3-5-17(6-4-16)23(30)27-18-7-9-26-10-8-18/h7-10,13-14,16-17H,3-6,11-12,15H2,1-2H3,(H,26,27,30)/t16-,17-. The van der Waals surface area contributed by atoms with Gasteiger partial charge in [-0.2, -0.15) is 0 Å². The highest BCUT2D eigenvalue weighted by molar-refractivity contribution is 5.92. The molecule has 8 nitrogen and oxygen atoms in total. The number of rotatable bonds is 8. The van der Waals surface area contributed by atoms with E-state index in [1.54, 1.807) is 49.3 Å². The van der Waals surface area contributed by atoms with Crippen molar-refractivity contribution in [1.29, 1.82) is 0 Å². The molecule has 1 amide bonds. The Kier molecular flexibility index (Phi) is 7.08. The molecule has 33 heavy (non-hydrogen) atoms. The van der Waals surface area contributed by atoms with Crippen LogP contribution in [0.3, 0.4) is 0 Å². The van der Waals surface area contributed by atoms with Crippen molar-refractivity contribution in [2.45, 2.75) is 32.2 Å². The summed E-state index contributed by atoms with van der Waals surface area (Å²) in [5.41, 5.74) is 1.74. The second kappa shape index (κ2) is 10.2. The second-order valence-corrected chi connectivity index (χ2v) is 8.51. The molecule has 0 radical (unpaired) electrons. The number of hydrogen-bond donors (Lipinski definition) is 1. The largest absolute Gasteiger partial charge is 0.488 e. The molecule has 176 valence electrons. The summed E-state index contributed by atoms with van der Waals surface area (Å²) in [7, 11) is 3.20. The Morgan fingerprint density at radius 2 is 1.88 bits per heavy atom. The number of anilines is 1. The molecular formula is C24H29FN4O4. The van der Waals surface area contributed by atoms with E-state index in [4.69, 9.17) is 9.47 Å². The van der Waals surface area contributed by atoms with Crippen LogP contribution in [0, 0.1) is 17.7 Å². The Labute approximate surface area is 191 Å². The van der Waals surface area contributed by atoms with Crippen molar-refractivity contribution < 1.29 is 18.7 Å². The summed E-state index contributed by atoms with van der Waals surface area (Å²) in [6, 6.07) is 6.48.